The van der Waals surface area contributed by atoms with Gasteiger partial charge in [0.1, 0.15) is 0 Å². The number of nitrogens with zero attached hydrogens (tertiary/aromatic N) is 1. The van der Waals surface area contributed by atoms with Crippen LogP contribution in [-0.4, -0.2) is 51.5 Å². The molecule has 0 atom stereocenters. The normalized spacial score (nSPS) is 11.9. The number of thioether (sulfide) groups is 1. The fourth-order valence-corrected chi connectivity index (χ4v) is 3.88. The second kappa shape index (κ2) is 8.51. The van der Waals surface area contributed by atoms with Crippen LogP contribution >= 0.6 is 11.8 Å². The fourth-order valence-electron chi connectivity index (χ4n) is 1.50. The molecule has 0 aliphatic rings. The molecule has 0 fully saturated rings. The van der Waals surface area contributed by atoms with Crippen molar-refractivity contribution in [2.45, 2.75) is 11.8 Å². The summed E-state index contributed by atoms with van der Waals surface area (Å²) >= 11 is 1.46. The fraction of sp³-hybridized carbons (Fsp3) is 0.538. The quantitative estimate of drug-likeness (QED) is 0.529. The highest BCUT2D eigenvalue weighted by Gasteiger charge is 2.10. The van der Waals surface area contributed by atoms with Gasteiger partial charge in [0.25, 0.3) is 0 Å². The molecule has 0 heterocycles. The lowest BCUT2D eigenvalue weighted by molar-refractivity contribution is 0.358. The third kappa shape index (κ3) is 6.60. The van der Waals surface area contributed by atoms with Gasteiger partial charge in [0, 0.05) is 29.4 Å². The van der Waals surface area contributed by atoms with Crippen molar-refractivity contribution in [3.63, 3.8) is 0 Å². The number of nitrogens with two attached hydrogens (primary N) is 1. The molecule has 1 aromatic carbocycles. The molecule has 5 nitrogen and oxygen atoms in total. The van der Waals surface area contributed by atoms with E-state index >= 15 is 0 Å². The largest absolute Gasteiger partial charge is 0.398 e. The molecule has 0 unspecified atom stereocenters. The summed E-state index contributed by atoms with van der Waals surface area (Å²) in [6.07, 6.45) is 0. The molecule has 3 N–H and O–H groups in total. The minimum atomic E-state index is -3.21. The highest BCUT2D eigenvalue weighted by atomic mass is 32.2. The number of sulfonamides is 1. The monoisotopic (exact) mass is 317 g/mol. The Morgan fingerprint density at radius 2 is 2.05 bits per heavy atom. The lowest BCUT2D eigenvalue weighted by Gasteiger charge is -2.14. The summed E-state index contributed by atoms with van der Waals surface area (Å²) in [5.74, 6) is 0.592. The van der Waals surface area contributed by atoms with E-state index in [1.165, 1.54) is 11.8 Å². The number of benzene rings is 1. The smallest absolute Gasteiger partial charge is 0.212 e. The Hall–Kier alpha value is -0.760. The van der Waals surface area contributed by atoms with Crippen LogP contribution in [0.25, 0.3) is 0 Å². The molecule has 7 heteroatoms. The summed E-state index contributed by atoms with van der Waals surface area (Å²) in [7, 11) is -1.25. The molecule has 0 spiro atoms. The van der Waals surface area contributed by atoms with Crippen LogP contribution in [0.3, 0.4) is 0 Å². The van der Waals surface area contributed by atoms with Crippen molar-refractivity contribution in [2.24, 2.45) is 0 Å². The SMILES string of the molecule is CCN(C)CCNS(=O)(=O)CCSc1ccccc1N. The van der Waals surface area contributed by atoms with Gasteiger partial charge in [0.2, 0.25) is 10.0 Å². The standard InChI is InChI=1S/C13H23N3O2S2/c1-3-16(2)9-8-15-20(17,18)11-10-19-13-7-5-4-6-12(13)14/h4-7,15H,3,8-11,14H2,1-2H3. The predicted molar refractivity (Wildman–Crippen MR) is 86.5 cm³/mol. The zero-order chi connectivity index (χ0) is 15.0. The van der Waals surface area contributed by atoms with Gasteiger partial charge in [0.15, 0.2) is 0 Å². The van der Waals surface area contributed by atoms with Gasteiger partial charge in [-0.2, -0.15) is 0 Å². The number of likely N-dealkylation sites (N-methyl/N-ethyl adjacent to an activating group) is 1. The van der Waals surface area contributed by atoms with Gasteiger partial charge >= 0.3 is 0 Å². The van der Waals surface area contributed by atoms with Crippen molar-refractivity contribution < 1.29 is 8.42 Å². The summed E-state index contributed by atoms with van der Waals surface area (Å²) < 4.78 is 26.2. The first-order chi connectivity index (χ1) is 9.44. The molecule has 1 rings (SSSR count). The summed E-state index contributed by atoms with van der Waals surface area (Å²) in [6.45, 7) is 4.11. The number of rotatable bonds is 9. The first-order valence-electron chi connectivity index (χ1n) is 6.58. The minimum absolute atomic E-state index is 0.0990. The Kier molecular flexibility index (Phi) is 7.36. The van der Waals surface area contributed by atoms with Crippen LogP contribution < -0.4 is 10.5 Å². The van der Waals surface area contributed by atoms with Crippen LogP contribution in [0.4, 0.5) is 5.69 Å². The molecule has 0 amide bonds. The lowest BCUT2D eigenvalue weighted by Crippen LogP contribution is -2.34. The van der Waals surface area contributed by atoms with E-state index in [0.29, 0.717) is 24.5 Å². The van der Waals surface area contributed by atoms with Crippen molar-refractivity contribution in [1.29, 1.82) is 0 Å². The number of para-hydroxylation sites is 1. The van der Waals surface area contributed by atoms with Crippen LogP contribution in [0.5, 0.6) is 0 Å². The lowest BCUT2D eigenvalue weighted by atomic mass is 10.3. The van der Waals surface area contributed by atoms with Crippen molar-refractivity contribution in [3.8, 4) is 0 Å². The van der Waals surface area contributed by atoms with Crippen molar-refractivity contribution in [1.82, 2.24) is 9.62 Å². The topological polar surface area (TPSA) is 75.4 Å². The Morgan fingerprint density at radius 3 is 2.70 bits per heavy atom. The maximum Gasteiger partial charge on any atom is 0.212 e. The number of anilines is 1. The molecular weight excluding hydrogens is 294 g/mol. The zero-order valence-corrected chi connectivity index (χ0v) is 13.6. The van der Waals surface area contributed by atoms with E-state index in [0.717, 1.165) is 11.4 Å². The van der Waals surface area contributed by atoms with E-state index in [-0.39, 0.29) is 5.75 Å². The predicted octanol–water partition coefficient (Wildman–Crippen LogP) is 1.23. The molecule has 20 heavy (non-hydrogen) atoms. The number of hydrogen-bond donors (Lipinski definition) is 2. The second-order valence-corrected chi connectivity index (χ2v) is 7.56. The van der Waals surface area contributed by atoms with Gasteiger partial charge < -0.3 is 10.6 Å². The van der Waals surface area contributed by atoms with E-state index in [2.05, 4.69) is 9.62 Å². The van der Waals surface area contributed by atoms with Crippen molar-refractivity contribution >= 4 is 27.5 Å². The molecule has 0 aliphatic carbocycles. The Balaban J connectivity index is 2.31. The highest BCUT2D eigenvalue weighted by molar-refractivity contribution is 8.00. The van der Waals surface area contributed by atoms with Crippen LogP contribution in [0.1, 0.15) is 6.92 Å². The van der Waals surface area contributed by atoms with Crippen molar-refractivity contribution in [3.05, 3.63) is 24.3 Å². The van der Waals surface area contributed by atoms with Gasteiger partial charge in [-0.05, 0) is 25.7 Å². The van der Waals surface area contributed by atoms with Gasteiger partial charge in [-0.3, -0.25) is 0 Å². The van der Waals surface area contributed by atoms with Gasteiger partial charge in [-0.25, -0.2) is 13.1 Å². The van der Waals surface area contributed by atoms with E-state index in [1.807, 2.05) is 38.2 Å². The summed E-state index contributed by atoms with van der Waals surface area (Å²) in [5.41, 5.74) is 6.50. The summed E-state index contributed by atoms with van der Waals surface area (Å²) in [5, 5.41) is 0. The molecule has 0 aliphatic heterocycles. The summed E-state index contributed by atoms with van der Waals surface area (Å²) in [4.78, 5) is 2.98. The zero-order valence-electron chi connectivity index (χ0n) is 12.0. The summed E-state index contributed by atoms with van der Waals surface area (Å²) in [6, 6.07) is 7.47. The van der Waals surface area contributed by atoms with E-state index in [4.69, 9.17) is 5.73 Å². The molecule has 1 aromatic rings. The van der Waals surface area contributed by atoms with Crippen LogP contribution in [0, 0.1) is 0 Å². The molecule has 0 saturated carbocycles. The van der Waals surface area contributed by atoms with Crippen LogP contribution in [0.15, 0.2) is 29.2 Å². The highest BCUT2D eigenvalue weighted by Crippen LogP contribution is 2.24. The maximum atomic E-state index is 11.8. The molecule has 114 valence electrons. The first kappa shape index (κ1) is 17.3. The maximum absolute atomic E-state index is 11.8. The molecule has 0 radical (unpaired) electrons. The first-order valence-corrected chi connectivity index (χ1v) is 9.21. The van der Waals surface area contributed by atoms with Crippen LogP contribution in [0.2, 0.25) is 0 Å². The van der Waals surface area contributed by atoms with Gasteiger partial charge in [-0.15, -0.1) is 11.8 Å². The average Bonchev–Trinajstić information content (AvgIpc) is 2.40. The number of nitrogen functional groups attached to an aromatic ring is 1. The van der Waals surface area contributed by atoms with E-state index < -0.39 is 10.0 Å². The number of nitrogens with one attached hydrogen (secondary N) is 1. The molecule has 0 aromatic heterocycles. The molecule has 0 bridgehead atoms. The Bertz CT molecular complexity index is 506. The minimum Gasteiger partial charge on any atom is -0.398 e. The van der Waals surface area contributed by atoms with Crippen molar-refractivity contribution in [2.75, 3.05) is 43.9 Å². The van der Waals surface area contributed by atoms with E-state index in [1.54, 1.807) is 0 Å². The second-order valence-electron chi connectivity index (χ2n) is 4.50. The average molecular weight is 317 g/mol. The van der Waals surface area contributed by atoms with E-state index in [9.17, 15) is 8.42 Å². The van der Waals surface area contributed by atoms with Crippen LogP contribution in [-0.2, 0) is 10.0 Å². The number of hydrogen-bond acceptors (Lipinski definition) is 5. The van der Waals surface area contributed by atoms with Gasteiger partial charge in [-0.1, -0.05) is 19.1 Å². The third-order valence-electron chi connectivity index (χ3n) is 2.88. The Morgan fingerprint density at radius 1 is 1.35 bits per heavy atom. The molecular formula is C13H23N3O2S2. The van der Waals surface area contributed by atoms with Gasteiger partial charge in [0.05, 0.1) is 5.75 Å². The third-order valence-corrected chi connectivity index (χ3v) is 5.62. The molecule has 0 saturated heterocycles. The Labute approximate surface area is 126 Å².